The van der Waals surface area contributed by atoms with Crippen LogP contribution in [0.1, 0.15) is 36.9 Å². The second kappa shape index (κ2) is 6.31. The van der Waals surface area contributed by atoms with Crippen LogP contribution < -0.4 is 5.32 Å². The topological polar surface area (TPSA) is 65.8 Å². The van der Waals surface area contributed by atoms with Gasteiger partial charge < -0.3 is 5.32 Å². The number of carbonyl (C=O) groups excluding carboxylic acids is 1. The molecule has 0 saturated carbocycles. The lowest BCUT2D eigenvalue weighted by molar-refractivity contribution is -0.116. The van der Waals surface area contributed by atoms with Crippen LogP contribution in [0, 0.1) is 11.3 Å². The normalized spacial score (nSPS) is 11.9. The van der Waals surface area contributed by atoms with Gasteiger partial charge in [0.25, 0.3) is 0 Å². The van der Waals surface area contributed by atoms with Gasteiger partial charge in [-0.1, -0.05) is 44.2 Å². The average Bonchev–Trinajstić information content (AvgIpc) is 2.89. The minimum Gasteiger partial charge on any atom is -0.301 e. The van der Waals surface area contributed by atoms with Crippen LogP contribution in [0.4, 0.5) is 5.13 Å². The quantitative estimate of drug-likeness (QED) is 0.934. The highest BCUT2D eigenvalue weighted by Gasteiger charge is 2.21. The van der Waals surface area contributed by atoms with Gasteiger partial charge >= 0.3 is 0 Å². The number of nitrogens with zero attached hydrogens (tertiary/aromatic N) is 2. The number of benzene rings is 1. The van der Waals surface area contributed by atoms with Crippen LogP contribution in [0.15, 0.2) is 35.7 Å². The number of carbonyl (C=O) groups is 1. The van der Waals surface area contributed by atoms with Gasteiger partial charge in [0.1, 0.15) is 0 Å². The van der Waals surface area contributed by atoms with Gasteiger partial charge in [-0.3, -0.25) is 4.79 Å². The molecule has 102 valence electrons. The first-order valence-electron chi connectivity index (χ1n) is 6.32. The van der Waals surface area contributed by atoms with Gasteiger partial charge in [-0.05, 0) is 11.5 Å². The molecule has 0 radical (unpaired) electrons. The molecular weight excluding hydrogens is 270 g/mol. The molecule has 0 bridgehead atoms. The smallest absolute Gasteiger partial charge is 0.248 e. The van der Waals surface area contributed by atoms with Gasteiger partial charge in [-0.25, -0.2) is 4.98 Å². The van der Waals surface area contributed by atoms with Crippen molar-refractivity contribution in [2.45, 2.75) is 25.7 Å². The van der Waals surface area contributed by atoms with Crippen molar-refractivity contribution in [2.24, 2.45) is 0 Å². The van der Waals surface area contributed by atoms with Crippen molar-refractivity contribution in [3.8, 4) is 6.07 Å². The minimum atomic E-state index is -0.817. The molecule has 20 heavy (non-hydrogen) atoms. The number of thiazole rings is 1. The number of hydrogen-bond donors (Lipinski definition) is 1. The lowest BCUT2D eigenvalue weighted by atomic mass is 10.0. The van der Waals surface area contributed by atoms with E-state index in [1.165, 1.54) is 11.3 Å². The molecule has 4 nitrogen and oxygen atoms in total. The van der Waals surface area contributed by atoms with E-state index in [9.17, 15) is 10.1 Å². The zero-order valence-electron chi connectivity index (χ0n) is 11.3. The van der Waals surface area contributed by atoms with E-state index in [4.69, 9.17) is 0 Å². The maximum Gasteiger partial charge on any atom is 0.248 e. The second-order valence-electron chi connectivity index (χ2n) is 4.69. The summed E-state index contributed by atoms with van der Waals surface area (Å²) < 4.78 is 0. The van der Waals surface area contributed by atoms with Gasteiger partial charge in [0.05, 0.1) is 11.8 Å². The summed E-state index contributed by atoms with van der Waals surface area (Å²) in [5.74, 6) is -0.844. The summed E-state index contributed by atoms with van der Waals surface area (Å²) >= 11 is 1.38. The molecule has 2 rings (SSSR count). The highest BCUT2D eigenvalue weighted by atomic mass is 32.1. The summed E-state index contributed by atoms with van der Waals surface area (Å²) in [6.45, 7) is 4.09. The molecule has 0 saturated heterocycles. The molecular formula is C15H15N3OS. The molecule has 1 amide bonds. The van der Waals surface area contributed by atoms with Crippen molar-refractivity contribution in [1.82, 2.24) is 4.98 Å². The number of anilines is 1. The number of rotatable bonds is 4. The number of aromatic nitrogens is 1. The molecule has 1 aromatic heterocycles. The molecule has 1 unspecified atom stereocenters. The Bertz CT molecular complexity index is 628. The molecule has 1 heterocycles. The Kier molecular flexibility index (Phi) is 4.49. The fourth-order valence-corrected chi connectivity index (χ4v) is 2.59. The van der Waals surface area contributed by atoms with Crippen LogP contribution >= 0.6 is 11.3 Å². The Balaban J connectivity index is 2.12. The van der Waals surface area contributed by atoms with Gasteiger partial charge in [0, 0.05) is 5.38 Å². The van der Waals surface area contributed by atoms with E-state index >= 15 is 0 Å². The third kappa shape index (κ3) is 3.22. The predicted octanol–water partition coefficient (Wildman–Crippen LogP) is 3.51. The fraction of sp³-hybridized carbons (Fsp3) is 0.267. The zero-order valence-corrected chi connectivity index (χ0v) is 12.1. The lowest BCUT2D eigenvalue weighted by Gasteiger charge is -2.08. The summed E-state index contributed by atoms with van der Waals surface area (Å²) in [5.41, 5.74) is 1.63. The lowest BCUT2D eigenvalue weighted by Crippen LogP contribution is -2.19. The number of nitrogens with one attached hydrogen (secondary N) is 1. The molecule has 1 atom stereocenters. The van der Waals surface area contributed by atoms with Crippen molar-refractivity contribution in [2.75, 3.05) is 5.32 Å². The Labute approximate surface area is 122 Å². The third-order valence-corrected chi connectivity index (χ3v) is 3.64. The Morgan fingerprint density at radius 1 is 1.35 bits per heavy atom. The van der Waals surface area contributed by atoms with Crippen molar-refractivity contribution in [3.63, 3.8) is 0 Å². The molecule has 0 aliphatic heterocycles. The summed E-state index contributed by atoms with van der Waals surface area (Å²) in [6, 6.07) is 11.1. The van der Waals surface area contributed by atoms with Gasteiger partial charge in [-0.15, -0.1) is 11.3 Å². The molecule has 1 N–H and O–H groups in total. The van der Waals surface area contributed by atoms with Crippen LogP contribution in [0.3, 0.4) is 0 Å². The van der Waals surface area contributed by atoms with Crippen molar-refractivity contribution < 1.29 is 4.79 Å². The summed E-state index contributed by atoms with van der Waals surface area (Å²) in [4.78, 5) is 16.5. The first-order chi connectivity index (χ1) is 9.61. The third-order valence-electron chi connectivity index (χ3n) is 2.87. The van der Waals surface area contributed by atoms with E-state index in [2.05, 4.69) is 10.3 Å². The van der Waals surface area contributed by atoms with Gasteiger partial charge in [0.15, 0.2) is 11.0 Å². The monoisotopic (exact) mass is 285 g/mol. The Hall–Kier alpha value is -2.19. The predicted molar refractivity (Wildman–Crippen MR) is 79.6 cm³/mol. The van der Waals surface area contributed by atoms with E-state index in [-0.39, 0.29) is 5.91 Å². The largest absolute Gasteiger partial charge is 0.301 e. The molecule has 1 aromatic carbocycles. The fourth-order valence-electron chi connectivity index (χ4n) is 1.72. The van der Waals surface area contributed by atoms with E-state index in [1.807, 2.05) is 43.5 Å². The van der Waals surface area contributed by atoms with Crippen LogP contribution in [0.2, 0.25) is 0 Å². The SMILES string of the molecule is CC(C)c1csc(NC(=O)C(C#N)c2ccccc2)n1. The van der Waals surface area contributed by atoms with Crippen LogP contribution in [0.25, 0.3) is 0 Å². The maximum atomic E-state index is 12.2. The molecule has 0 spiro atoms. The van der Waals surface area contributed by atoms with Crippen LogP contribution in [0.5, 0.6) is 0 Å². The van der Waals surface area contributed by atoms with E-state index in [0.29, 0.717) is 16.6 Å². The highest BCUT2D eigenvalue weighted by molar-refractivity contribution is 7.13. The molecule has 5 heteroatoms. The second-order valence-corrected chi connectivity index (χ2v) is 5.55. The highest BCUT2D eigenvalue weighted by Crippen LogP contribution is 2.23. The average molecular weight is 285 g/mol. The molecule has 0 aliphatic rings. The zero-order chi connectivity index (χ0) is 14.5. The Morgan fingerprint density at radius 3 is 2.60 bits per heavy atom. The van der Waals surface area contributed by atoms with Gasteiger partial charge in [-0.2, -0.15) is 5.26 Å². The maximum absolute atomic E-state index is 12.2. The van der Waals surface area contributed by atoms with E-state index < -0.39 is 5.92 Å². The molecule has 2 aromatic rings. The number of nitriles is 1. The summed E-state index contributed by atoms with van der Waals surface area (Å²) in [7, 11) is 0. The summed E-state index contributed by atoms with van der Waals surface area (Å²) in [5, 5.41) is 14.4. The minimum absolute atomic E-state index is 0.317. The first-order valence-corrected chi connectivity index (χ1v) is 7.20. The summed E-state index contributed by atoms with van der Waals surface area (Å²) in [6.07, 6.45) is 0. The molecule has 0 fully saturated rings. The van der Waals surface area contributed by atoms with Crippen LogP contribution in [-0.4, -0.2) is 10.9 Å². The number of amides is 1. The first kappa shape index (κ1) is 14.2. The number of hydrogen-bond acceptors (Lipinski definition) is 4. The van der Waals surface area contributed by atoms with Crippen LogP contribution in [-0.2, 0) is 4.79 Å². The van der Waals surface area contributed by atoms with Gasteiger partial charge in [0.2, 0.25) is 5.91 Å². The van der Waals surface area contributed by atoms with E-state index in [0.717, 1.165) is 5.69 Å². The Morgan fingerprint density at radius 2 is 2.05 bits per heavy atom. The molecule has 0 aliphatic carbocycles. The van der Waals surface area contributed by atoms with Crippen molar-refractivity contribution >= 4 is 22.4 Å². The van der Waals surface area contributed by atoms with E-state index in [1.54, 1.807) is 12.1 Å². The van der Waals surface area contributed by atoms with Crippen molar-refractivity contribution in [1.29, 1.82) is 5.26 Å². The van der Waals surface area contributed by atoms with Crippen molar-refractivity contribution in [3.05, 3.63) is 47.0 Å². The standard InChI is InChI=1S/C15H15N3OS/c1-10(2)13-9-20-15(17-13)18-14(19)12(8-16)11-6-4-3-5-7-11/h3-7,9-10,12H,1-2H3,(H,17,18,19).